The molecule has 0 aliphatic heterocycles. The molecule has 0 radical (unpaired) electrons. The van der Waals surface area contributed by atoms with Gasteiger partial charge in [0.05, 0.1) is 7.11 Å². The van der Waals surface area contributed by atoms with E-state index in [0.717, 1.165) is 11.3 Å². The van der Waals surface area contributed by atoms with Crippen LogP contribution in [0.2, 0.25) is 0 Å². The average molecular weight is 276 g/mol. The molecule has 0 fully saturated rings. The Morgan fingerprint density at radius 3 is 2.41 bits per heavy atom. The van der Waals surface area contributed by atoms with Gasteiger partial charge >= 0.3 is 0 Å². The van der Waals surface area contributed by atoms with Gasteiger partial charge in [-0.05, 0) is 24.1 Å². The monoisotopic (exact) mass is 275 g/mol. The molecule has 5 heteroatoms. The standard InChI is InChI=1S/C12H15Cl2NO2/c1-3-12(13,14)11(16)15-8-9-4-6-10(17-2)7-5-9/h4-7H,3,8H2,1-2H3,(H,15,16). The van der Waals surface area contributed by atoms with Crippen LogP contribution in [0, 0.1) is 0 Å². The third-order valence-corrected chi connectivity index (χ3v) is 3.27. The normalized spacial score (nSPS) is 11.1. The summed E-state index contributed by atoms with van der Waals surface area (Å²) < 4.78 is 3.68. The maximum atomic E-state index is 11.6. The van der Waals surface area contributed by atoms with E-state index in [2.05, 4.69) is 5.32 Å². The Morgan fingerprint density at radius 2 is 1.94 bits per heavy atom. The zero-order valence-electron chi connectivity index (χ0n) is 9.80. The quantitative estimate of drug-likeness (QED) is 0.840. The van der Waals surface area contributed by atoms with Gasteiger partial charge in [-0.1, -0.05) is 42.3 Å². The molecule has 0 heterocycles. The minimum absolute atomic E-state index is 0.366. The molecular weight excluding hydrogens is 261 g/mol. The Balaban J connectivity index is 2.53. The molecule has 1 aromatic carbocycles. The highest BCUT2D eigenvalue weighted by Gasteiger charge is 2.30. The van der Waals surface area contributed by atoms with Gasteiger partial charge < -0.3 is 10.1 Å². The topological polar surface area (TPSA) is 38.3 Å². The van der Waals surface area contributed by atoms with Gasteiger partial charge in [-0.25, -0.2) is 0 Å². The number of hydrogen-bond acceptors (Lipinski definition) is 2. The number of methoxy groups -OCH3 is 1. The van der Waals surface area contributed by atoms with Crippen LogP contribution in [-0.4, -0.2) is 17.4 Å². The third-order valence-electron chi connectivity index (χ3n) is 2.39. The molecule has 3 nitrogen and oxygen atoms in total. The molecule has 0 saturated heterocycles. The van der Waals surface area contributed by atoms with Crippen LogP contribution in [0.4, 0.5) is 0 Å². The Kier molecular flexibility index (Phi) is 5.09. The van der Waals surface area contributed by atoms with E-state index in [1.54, 1.807) is 14.0 Å². The van der Waals surface area contributed by atoms with Crippen molar-refractivity contribution in [3.05, 3.63) is 29.8 Å². The van der Waals surface area contributed by atoms with Crippen LogP contribution in [-0.2, 0) is 11.3 Å². The third kappa shape index (κ3) is 4.10. The second-order valence-electron chi connectivity index (χ2n) is 3.59. The van der Waals surface area contributed by atoms with E-state index >= 15 is 0 Å². The second kappa shape index (κ2) is 6.12. The predicted molar refractivity (Wildman–Crippen MR) is 69.6 cm³/mol. The Morgan fingerprint density at radius 1 is 1.35 bits per heavy atom. The van der Waals surface area contributed by atoms with Crippen molar-refractivity contribution in [3.63, 3.8) is 0 Å². The minimum atomic E-state index is -1.35. The fraction of sp³-hybridized carbons (Fsp3) is 0.417. The van der Waals surface area contributed by atoms with Crippen molar-refractivity contribution in [2.24, 2.45) is 0 Å². The second-order valence-corrected chi connectivity index (χ2v) is 5.07. The van der Waals surface area contributed by atoms with Gasteiger partial charge in [0.2, 0.25) is 0 Å². The molecule has 0 spiro atoms. The van der Waals surface area contributed by atoms with Gasteiger partial charge in [0.15, 0.2) is 4.33 Å². The van der Waals surface area contributed by atoms with Gasteiger partial charge in [0.25, 0.3) is 5.91 Å². The van der Waals surface area contributed by atoms with Crippen molar-refractivity contribution in [1.82, 2.24) is 5.32 Å². The number of hydrogen-bond donors (Lipinski definition) is 1. The van der Waals surface area contributed by atoms with Gasteiger partial charge in [-0.3, -0.25) is 4.79 Å². The van der Waals surface area contributed by atoms with E-state index in [0.29, 0.717) is 13.0 Å². The molecule has 1 N–H and O–H groups in total. The van der Waals surface area contributed by atoms with E-state index < -0.39 is 4.33 Å². The highest BCUT2D eigenvalue weighted by Crippen LogP contribution is 2.25. The molecule has 0 aromatic heterocycles. The summed E-state index contributed by atoms with van der Waals surface area (Å²) >= 11 is 11.6. The minimum Gasteiger partial charge on any atom is -0.497 e. The predicted octanol–water partition coefficient (Wildman–Crippen LogP) is 2.90. The molecule has 0 saturated carbocycles. The fourth-order valence-electron chi connectivity index (χ4n) is 1.22. The first-order valence-electron chi connectivity index (χ1n) is 5.28. The van der Waals surface area contributed by atoms with E-state index in [4.69, 9.17) is 27.9 Å². The lowest BCUT2D eigenvalue weighted by Gasteiger charge is -2.16. The molecular formula is C12H15Cl2NO2. The molecule has 1 rings (SSSR count). The SMILES string of the molecule is CCC(Cl)(Cl)C(=O)NCc1ccc(OC)cc1. The van der Waals surface area contributed by atoms with Crippen LogP contribution in [0.3, 0.4) is 0 Å². The Labute approximate surface area is 111 Å². The van der Waals surface area contributed by atoms with E-state index in [1.807, 2.05) is 24.3 Å². The first-order chi connectivity index (χ1) is 7.99. The number of rotatable bonds is 5. The van der Waals surface area contributed by atoms with Crippen LogP contribution in [0.15, 0.2) is 24.3 Å². The van der Waals surface area contributed by atoms with Crippen molar-refractivity contribution in [3.8, 4) is 5.75 Å². The number of halogens is 2. The van der Waals surface area contributed by atoms with Gasteiger partial charge in [0, 0.05) is 6.54 Å². The smallest absolute Gasteiger partial charge is 0.256 e. The van der Waals surface area contributed by atoms with Crippen molar-refractivity contribution < 1.29 is 9.53 Å². The molecule has 0 bridgehead atoms. The summed E-state index contributed by atoms with van der Waals surface area (Å²) in [6, 6.07) is 7.40. The molecule has 0 unspecified atom stereocenters. The van der Waals surface area contributed by atoms with Gasteiger partial charge in [-0.2, -0.15) is 0 Å². The maximum Gasteiger partial charge on any atom is 0.256 e. The number of amides is 1. The summed E-state index contributed by atoms with van der Waals surface area (Å²) in [5.74, 6) is 0.400. The summed E-state index contributed by atoms with van der Waals surface area (Å²) in [5, 5.41) is 2.68. The van der Waals surface area contributed by atoms with Gasteiger partial charge in [0.1, 0.15) is 5.75 Å². The summed E-state index contributed by atoms with van der Waals surface area (Å²) in [5.41, 5.74) is 0.958. The van der Waals surface area contributed by atoms with Crippen molar-refractivity contribution >= 4 is 29.1 Å². The lowest BCUT2D eigenvalue weighted by Crippen LogP contribution is -2.37. The largest absolute Gasteiger partial charge is 0.497 e. The zero-order valence-corrected chi connectivity index (χ0v) is 11.3. The van der Waals surface area contributed by atoms with Crippen LogP contribution in [0.1, 0.15) is 18.9 Å². The first kappa shape index (κ1) is 14.1. The fourth-order valence-corrected chi connectivity index (χ4v) is 1.35. The summed E-state index contributed by atoms with van der Waals surface area (Å²) in [6.07, 6.45) is 0.366. The van der Waals surface area contributed by atoms with Crippen LogP contribution < -0.4 is 10.1 Å². The average Bonchev–Trinajstić information content (AvgIpc) is 2.36. The summed E-state index contributed by atoms with van der Waals surface area (Å²) in [6.45, 7) is 2.15. The number of carbonyl (C=O) groups excluding carboxylic acids is 1. The van der Waals surface area contributed by atoms with E-state index in [-0.39, 0.29) is 5.91 Å². The molecule has 17 heavy (non-hydrogen) atoms. The lowest BCUT2D eigenvalue weighted by atomic mass is 10.2. The Bertz CT molecular complexity index is 377. The zero-order chi connectivity index (χ0) is 12.9. The van der Waals surface area contributed by atoms with Crippen molar-refractivity contribution in [2.45, 2.75) is 24.2 Å². The highest BCUT2D eigenvalue weighted by molar-refractivity contribution is 6.58. The van der Waals surface area contributed by atoms with Crippen LogP contribution in [0.5, 0.6) is 5.75 Å². The molecule has 1 amide bonds. The lowest BCUT2D eigenvalue weighted by molar-refractivity contribution is -0.121. The number of alkyl halides is 2. The summed E-state index contributed by atoms with van der Waals surface area (Å²) in [4.78, 5) is 11.6. The number of carbonyl (C=O) groups is 1. The maximum absolute atomic E-state index is 11.6. The molecule has 0 atom stereocenters. The number of benzene rings is 1. The van der Waals surface area contributed by atoms with Crippen molar-refractivity contribution in [2.75, 3.05) is 7.11 Å². The highest BCUT2D eigenvalue weighted by atomic mass is 35.5. The Hall–Kier alpha value is -0.930. The van der Waals surface area contributed by atoms with Crippen molar-refractivity contribution in [1.29, 1.82) is 0 Å². The molecule has 1 aromatic rings. The van der Waals surface area contributed by atoms with Gasteiger partial charge in [-0.15, -0.1) is 0 Å². The first-order valence-corrected chi connectivity index (χ1v) is 6.04. The van der Waals surface area contributed by atoms with Crippen LogP contribution in [0.25, 0.3) is 0 Å². The molecule has 94 valence electrons. The number of ether oxygens (including phenoxy) is 1. The van der Waals surface area contributed by atoms with E-state index in [9.17, 15) is 4.79 Å². The molecule has 0 aliphatic rings. The molecule has 0 aliphatic carbocycles. The van der Waals surface area contributed by atoms with E-state index in [1.165, 1.54) is 0 Å². The van der Waals surface area contributed by atoms with Crippen LogP contribution >= 0.6 is 23.2 Å². The number of nitrogens with one attached hydrogen (secondary N) is 1. The summed E-state index contributed by atoms with van der Waals surface area (Å²) in [7, 11) is 1.60.